The maximum atomic E-state index is 13.7. The minimum absolute atomic E-state index is 0.0327. The average Bonchev–Trinajstić information content (AvgIpc) is 3.06. The average molecular weight is 441 g/mol. The van der Waals surface area contributed by atoms with E-state index in [0.717, 1.165) is 11.1 Å². The highest BCUT2D eigenvalue weighted by molar-refractivity contribution is 5.99. The highest BCUT2D eigenvalue weighted by Gasteiger charge is 2.42. The highest BCUT2D eigenvalue weighted by Crippen LogP contribution is 2.39. The van der Waals surface area contributed by atoms with Gasteiger partial charge in [0, 0.05) is 6.54 Å². The second kappa shape index (κ2) is 8.22. The summed E-state index contributed by atoms with van der Waals surface area (Å²) in [5.41, 5.74) is 2.93. The van der Waals surface area contributed by atoms with Crippen LogP contribution in [0.5, 0.6) is 11.5 Å². The minimum atomic E-state index is -0.680. The van der Waals surface area contributed by atoms with Gasteiger partial charge >= 0.3 is 0 Å². The molecule has 1 N–H and O–H groups in total. The number of amides is 1. The van der Waals surface area contributed by atoms with E-state index < -0.39 is 11.9 Å². The molecule has 2 heterocycles. The molecule has 0 saturated heterocycles. The monoisotopic (exact) mass is 441 g/mol. The highest BCUT2D eigenvalue weighted by atomic mass is 16.5. The Bertz CT molecular complexity index is 1420. The number of hydrogen-bond donors (Lipinski definition) is 1. The molecule has 0 unspecified atom stereocenters. The van der Waals surface area contributed by atoms with Gasteiger partial charge in [-0.15, -0.1) is 0 Å². The van der Waals surface area contributed by atoms with Crippen LogP contribution in [-0.4, -0.2) is 29.1 Å². The Hall–Kier alpha value is -3.90. The van der Waals surface area contributed by atoms with Gasteiger partial charge in [-0.25, -0.2) is 0 Å². The van der Waals surface area contributed by atoms with Gasteiger partial charge in [0.05, 0.1) is 23.6 Å². The first-order chi connectivity index (χ1) is 16.0. The lowest BCUT2D eigenvalue weighted by Gasteiger charge is -2.24. The van der Waals surface area contributed by atoms with Crippen LogP contribution >= 0.6 is 0 Å². The van der Waals surface area contributed by atoms with Crippen LogP contribution in [0.15, 0.2) is 75.9 Å². The number of hydrogen-bond acceptors (Lipinski definition) is 5. The van der Waals surface area contributed by atoms with Gasteiger partial charge in [-0.2, -0.15) is 0 Å². The van der Waals surface area contributed by atoms with Crippen molar-refractivity contribution in [3.05, 3.63) is 105 Å². The fraction of sp³-hybridized carbons (Fsp3) is 0.185. The number of carbonyl (C=O) groups is 1. The molecule has 1 amide bonds. The summed E-state index contributed by atoms with van der Waals surface area (Å²) in [6, 6.07) is 19.7. The minimum Gasteiger partial charge on any atom is -0.457 e. The van der Waals surface area contributed by atoms with E-state index in [9.17, 15) is 14.7 Å². The number of aryl methyl sites for hydroxylation is 2. The van der Waals surface area contributed by atoms with Crippen molar-refractivity contribution in [1.82, 2.24) is 4.90 Å². The van der Waals surface area contributed by atoms with Crippen LogP contribution in [0.2, 0.25) is 0 Å². The summed E-state index contributed by atoms with van der Waals surface area (Å²) in [4.78, 5) is 28.4. The quantitative estimate of drug-likeness (QED) is 0.484. The van der Waals surface area contributed by atoms with E-state index >= 15 is 0 Å². The van der Waals surface area contributed by atoms with Crippen LogP contribution in [-0.2, 0) is 0 Å². The second-order valence-electron chi connectivity index (χ2n) is 8.24. The predicted molar refractivity (Wildman–Crippen MR) is 125 cm³/mol. The molecule has 3 aromatic carbocycles. The van der Waals surface area contributed by atoms with Gasteiger partial charge < -0.3 is 19.2 Å². The molecule has 1 aliphatic heterocycles. The third kappa shape index (κ3) is 3.58. The topological polar surface area (TPSA) is 80.0 Å². The smallest absolute Gasteiger partial charge is 0.290 e. The molecule has 1 aromatic heterocycles. The fourth-order valence-electron chi connectivity index (χ4n) is 4.57. The first-order valence-electron chi connectivity index (χ1n) is 10.8. The zero-order chi connectivity index (χ0) is 23.1. The number of para-hydroxylation sites is 1. The van der Waals surface area contributed by atoms with E-state index in [1.807, 2.05) is 74.5 Å². The lowest BCUT2D eigenvalue weighted by atomic mass is 9.96. The summed E-state index contributed by atoms with van der Waals surface area (Å²) in [5, 5.41) is 10.1. The number of carbonyl (C=O) groups excluding carboxylic acids is 1. The number of β-amino-alcohol motifs (C(OH)–C–C–N with tert-alkyl or cyclic N) is 1. The zero-order valence-electron chi connectivity index (χ0n) is 18.4. The summed E-state index contributed by atoms with van der Waals surface area (Å²) in [6.07, 6.45) is 0. The van der Waals surface area contributed by atoms with Gasteiger partial charge in [0.2, 0.25) is 5.76 Å². The van der Waals surface area contributed by atoms with Crippen molar-refractivity contribution in [3.8, 4) is 11.5 Å². The van der Waals surface area contributed by atoms with Gasteiger partial charge in [0.25, 0.3) is 5.91 Å². The van der Waals surface area contributed by atoms with Crippen LogP contribution in [0.4, 0.5) is 0 Å². The maximum absolute atomic E-state index is 13.7. The van der Waals surface area contributed by atoms with Crippen LogP contribution in [0, 0.1) is 13.8 Å². The number of nitrogens with zero attached hydrogens (tertiary/aromatic N) is 1. The largest absolute Gasteiger partial charge is 0.457 e. The Labute approximate surface area is 190 Å². The molecule has 0 bridgehead atoms. The molecule has 6 heteroatoms. The number of aliphatic hydroxyl groups excluding tert-OH is 1. The predicted octanol–water partition coefficient (Wildman–Crippen LogP) is 4.74. The molecule has 0 fully saturated rings. The van der Waals surface area contributed by atoms with E-state index in [1.54, 1.807) is 6.07 Å². The van der Waals surface area contributed by atoms with Crippen molar-refractivity contribution in [2.45, 2.75) is 19.9 Å². The summed E-state index contributed by atoms with van der Waals surface area (Å²) >= 11 is 0. The summed E-state index contributed by atoms with van der Waals surface area (Å²) in [5.74, 6) is 0.892. The molecule has 0 aliphatic carbocycles. The molecular weight excluding hydrogens is 418 g/mol. The third-order valence-corrected chi connectivity index (χ3v) is 5.91. The molecule has 0 spiro atoms. The van der Waals surface area contributed by atoms with Crippen molar-refractivity contribution in [2.75, 3.05) is 13.2 Å². The van der Waals surface area contributed by atoms with Crippen molar-refractivity contribution >= 4 is 16.9 Å². The van der Waals surface area contributed by atoms with E-state index in [0.29, 0.717) is 33.6 Å². The van der Waals surface area contributed by atoms with Gasteiger partial charge in [-0.1, -0.05) is 36.4 Å². The number of benzene rings is 3. The van der Waals surface area contributed by atoms with Crippen LogP contribution in [0.3, 0.4) is 0 Å². The molecule has 6 nitrogen and oxygen atoms in total. The molecule has 5 rings (SSSR count). The van der Waals surface area contributed by atoms with E-state index in [4.69, 9.17) is 9.15 Å². The molecule has 0 saturated carbocycles. The van der Waals surface area contributed by atoms with Gasteiger partial charge in [0.1, 0.15) is 17.1 Å². The third-order valence-electron chi connectivity index (χ3n) is 5.91. The number of aliphatic hydroxyl groups is 1. The Morgan fingerprint density at radius 1 is 0.970 bits per heavy atom. The molecular formula is C27H23NO5. The van der Waals surface area contributed by atoms with Crippen molar-refractivity contribution < 1.29 is 19.1 Å². The van der Waals surface area contributed by atoms with E-state index in [-0.39, 0.29) is 24.3 Å². The summed E-state index contributed by atoms with van der Waals surface area (Å²) < 4.78 is 12.0. The number of rotatable bonds is 5. The van der Waals surface area contributed by atoms with Crippen LogP contribution < -0.4 is 10.2 Å². The van der Waals surface area contributed by atoms with Gasteiger partial charge in [-0.3, -0.25) is 9.59 Å². The normalized spacial score (nSPS) is 15.2. The Balaban J connectivity index is 1.68. The first kappa shape index (κ1) is 21.0. The summed E-state index contributed by atoms with van der Waals surface area (Å²) in [7, 11) is 0. The van der Waals surface area contributed by atoms with E-state index in [1.165, 1.54) is 4.90 Å². The number of fused-ring (bicyclic) bond motifs is 2. The molecule has 4 aromatic rings. The lowest BCUT2D eigenvalue weighted by Crippen LogP contribution is -2.32. The van der Waals surface area contributed by atoms with Crippen molar-refractivity contribution in [2.24, 2.45) is 0 Å². The van der Waals surface area contributed by atoms with Crippen molar-refractivity contribution in [1.29, 1.82) is 0 Å². The Morgan fingerprint density at radius 2 is 1.73 bits per heavy atom. The first-order valence-corrected chi connectivity index (χ1v) is 10.8. The summed E-state index contributed by atoms with van der Waals surface area (Å²) in [6.45, 7) is 3.62. The zero-order valence-corrected chi connectivity index (χ0v) is 18.4. The van der Waals surface area contributed by atoms with Crippen molar-refractivity contribution in [3.63, 3.8) is 0 Å². The second-order valence-corrected chi connectivity index (χ2v) is 8.24. The molecule has 1 atom stereocenters. The van der Waals surface area contributed by atoms with Gasteiger partial charge in [0.15, 0.2) is 5.43 Å². The molecule has 0 radical (unpaired) electrons. The fourth-order valence-corrected chi connectivity index (χ4v) is 4.57. The van der Waals surface area contributed by atoms with E-state index in [2.05, 4.69) is 0 Å². The van der Waals surface area contributed by atoms with Crippen LogP contribution in [0.25, 0.3) is 11.0 Å². The SMILES string of the molecule is Cc1cc(C)c2c(=O)c3c(oc2c1)C(=O)N(CCO)[C@H]3c1cccc(Oc2ccccc2)c1. The van der Waals surface area contributed by atoms with Gasteiger partial charge in [-0.05, 0) is 60.9 Å². The number of ether oxygens (including phenoxy) is 1. The Kier molecular flexibility index (Phi) is 5.23. The van der Waals surface area contributed by atoms with Crippen LogP contribution in [0.1, 0.15) is 38.9 Å². The Morgan fingerprint density at radius 3 is 2.48 bits per heavy atom. The molecule has 1 aliphatic rings. The molecule has 33 heavy (non-hydrogen) atoms. The lowest BCUT2D eigenvalue weighted by molar-refractivity contribution is 0.0691. The standard InChI is InChI=1S/C27H23NO5/c1-16-13-17(2)22-21(14-16)33-26-23(25(22)30)24(28(11-12-29)27(26)31)18-7-6-10-20(15-18)32-19-8-4-3-5-9-19/h3-10,13-15,24,29H,11-12H2,1-2H3/t24-/m0/s1. The maximum Gasteiger partial charge on any atom is 0.290 e. The molecule has 166 valence electrons.